The van der Waals surface area contributed by atoms with Crippen molar-refractivity contribution in [2.45, 2.75) is 13.0 Å². The van der Waals surface area contributed by atoms with Crippen molar-refractivity contribution in [1.29, 1.82) is 0 Å². The van der Waals surface area contributed by atoms with Crippen LogP contribution in [0.15, 0.2) is 30.3 Å². The lowest BCUT2D eigenvalue weighted by Gasteiger charge is -2.11. The molecule has 1 aromatic rings. The van der Waals surface area contributed by atoms with E-state index >= 15 is 0 Å². The fraction of sp³-hybridized carbons (Fsp3) is 0.286. The Morgan fingerprint density at radius 2 is 1.84 bits per heavy atom. The molecule has 19 heavy (non-hydrogen) atoms. The maximum Gasteiger partial charge on any atom is 0.325 e. The molecule has 1 aromatic carbocycles. The van der Waals surface area contributed by atoms with Gasteiger partial charge in [-0.25, -0.2) is 0 Å². The van der Waals surface area contributed by atoms with Crippen molar-refractivity contribution < 1.29 is 14.7 Å². The first kappa shape index (κ1) is 14.8. The van der Waals surface area contributed by atoms with Crippen molar-refractivity contribution in [1.82, 2.24) is 5.32 Å². The fourth-order valence-corrected chi connectivity index (χ4v) is 1.38. The molecule has 0 saturated heterocycles. The summed E-state index contributed by atoms with van der Waals surface area (Å²) in [4.78, 5) is 24.0. The number of nitrogens with one attached hydrogen (secondary N) is 1. The third kappa shape index (κ3) is 4.83. The highest BCUT2D eigenvalue weighted by Crippen LogP contribution is 2.12. The number of anilines is 1. The molecule has 0 aliphatic heterocycles. The number of hydrogen-bond acceptors (Lipinski definition) is 3. The Labute approximate surface area is 112 Å². The van der Waals surface area contributed by atoms with Crippen LogP contribution in [0.4, 0.5) is 5.69 Å². The molecule has 0 heterocycles. The molecular formula is C14H18N2O3. The molecule has 0 aliphatic rings. The maximum absolute atomic E-state index is 11.4. The highest BCUT2D eigenvalue weighted by Gasteiger charge is 2.11. The predicted molar refractivity (Wildman–Crippen MR) is 75.0 cm³/mol. The molecule has 0 unspecified atom stereocenters. The number of nitrogens with zero attached hydrogens (tertiary/aromatic N) is 1. The molecular weight excluding hydrogens is 244 g/mol. The van der Waals surface area contributed by atoms with Gasteiger partial charge in [0.05, 0.1) is 0 Å². The number of carbonyl (C=O) groups is 2. The van der Waals surface area contributed by atoms with Gasteiger partial charge in [0, 0.05) is 25.9 Å². The summed E-state index contributed by atoms with van der Waals surface area (Å²) in [5.41, 5.74) is 1.95. The Morgan fingerprint density at radius 1 is 1.26 bits per heavy atom. The number of benzene rings is 1. The average Bonchev–Trinajstić information content (AvgIpc) is 2.36. The summed E-state index contributed by atoms with van der Waals surface area (Å²) >= 11 is 0. The van der Waals surface area contributed by atoms with E-state index < -0.39 is 17.9 Å². The molecule has 5 heteroatoms. The van der Waals surface area contributed by atoms with Gasteiger partial charge in [0.1, 0.15) is 6.04 Å². The van der Waals surface area contributed by atoms with Crippen LogP contribution in [0.5, 0.6) is 0 Å². The zero-order chi connectivity index (χ0) is 14.4. The summed E-state index contributed by atoms with van der Waals surface area (Å²) in [6.45, 7) is 1.42. The molecule has 0 aliphatic carbocycles. The smallest absolute Gasteiger partial charge is 0.325 e. The number of aliphatic carboxylic acids is 1. The third-order valence-corrected chi connectivity index (χ3v) is 2.57. The van der Waals surface area contributed by atoms with Crippen LogP contribution >= 0.6 is 0 Å². The van der Waals surface area contributed by atoms with E-state index in [-0.39, 0.29) is 0 Å². The highest BCUT2D eigenvalue weighted by atomic mass is 16.4. The molecule has 0 saturated carbocycles. The van der Waals surface area contributed by atoms with E-state index in [2.05, 4.69) is 5.32 Å². The Bertz CT molecular complexity index is 478. The molecule has 5 nitrogen and oxygen atoms in total. The fourth-order valence-electron chi connectivity index (χ4n) is 1.38. The average molecular weight is 262 g/mol. The number of rotatable bonds is 5. The topological polar surface area (TPSA) is 69.6 Å². The summed E-state index contributed by atoms with van der Waals surface area (Å²) in [6, 6.07) is 6.77. The van der Waals surface area contributed by atoms with Gasteiger partial charge in [-0.05, 0) is 30.7 Å². The zero-order valence-electron chi connectivity index (χ0n) is 11.3. The maximum atomic E-state index is 11.4. The summed E-state index contributed by atoms with van der Waals surface area (Å²) < 4.78 is 0. The monoisotopic (exact) mass is 262 g/mol. The van der Waals surface area contributed by atoms with E-state index in [0.717, 1.165) is 11.3 Å². The summed E-state index contributed by atoms with van der Waals surface area (Å²) in [5.74, 6) is -1.48. The lowest BCUT2D eigenvalue weighted by Crippen LogP contribution is -2.37. The zero-order valence-corrected chi connectivity index (χ0v) is 11.3. The van der Waals surface area contributed by atoms with Crippen molar-refractivity contribution in [3.8, 4) is 0 Å². The molecule has 1 atom stereocenters. The van der Waals surface area contributed by atoms with E-state index in [1.165, 1.54) is 13.0 Å². The number of carboxylic acid groups (broad SMARTS) is 1. The van der Waals surface area contributed by atoms with E-state index in [4.69, 9.17) is 5.11 Å². The van der Waals surface area contributed by atoms with Crippen molar-refractivity contribution in [2.24, 2.45) is 0 Å². The van der Waals surface area contributed by atoms with Crippen LogP contribution in [0, 0.1) is 0 Å². The second-order valence-corrected chi connectivity index (χ2v) is 4.39. The van der Waals surface area contributed by atoms with Gasteiger partial charge in [0.25, 0.3) is 0 Å². The van der Waals surface area contributed by atoms with Gasteiger partial charge in [-0.3, -0.25) is 9.59 Å². The summed E-state index contributed by atoms with van der Waals surface area (Å²) in [5, 5.41) is 11.0. The van der Waals surface area contributed by atoms with Gasteiger partial charge < -0.3 is 15.3 Å². The normalized spacial score (nSPS) is 12.2. The molecule has 0 bridgehead atoms. The molecule has 0 radical (unpaired) electrons. The van der Waals surface area contributed by atoms with Crippen LogP contribution in [-0.4, -0.2) is 37.1 Å². The van der Waals surface area contributed by atoms with E-state index in [9.17, 15) is 9.59 Å². The summed E-state index contributed by atoms with van der Waals surface area (Å²) in [6.07, 6.45) is 2.97. The number of hydrogen-bond donors (Lipinski definition) is 2. The van der Waals surface area contributed by atoms with E-state index in [0.29, 0.717) is 0 Å². The van der Waals surface area contributed by atoms with Crippen molar-refractivity contribution in [2.75, 3.05) is 19.0 Å². The van der Waals surface area contributed by atoms with Crippen LogP contribution in [0.3, 0.4) is 0 Å². The molecule has 0 spiro atoms. The predicted octanol–water partition coefficient (Wildman–Crippen LogP) is 1.36. The Balaban J connectivity index is 2.61. The Kier molecular flexibility index (Phi) is 5.11. The van der Waals surface area contributed by atoms with Crippen LogP contribution in [-0.2, 0) is 9.59 Å². The Morgan fingerprint density at radius 3 is 2.32 bits per heavy atom. The first-order chi connectivity index (χ1) is 8.90. The highest BCUT2D eigenvalue weighted by molar-refractivity contribution is 5.94. The molecule has 0 fully saturated rings. The summed E-state index contributed by atoms with van der Waals surface area (Å²) in [7, 11) is 3.90. The van der Waals surface area contributed by atoms with Crippen LogP contribution < -0.4 is 10.2 Å². The van der Waals surface area contributed by atoms with Gasteiger partial charge in [0.15, 0.2) is 0 Å². The number of carboxylic acids is 1. The third-order valence-electron chi connectivity index (χ3n) is 2.57. The van der Waals surface area contributed by atoms with Gasteiger partial charge in [-0.15, -0.1) is 0 Å². The number of amides is 1. The standard InChI is InChI=1S/C14H18N2O3/c1-10(14(18)19)15-13(17)9-6-11-4-7-12(8-5-11)16(2)3/h4-10H,1-3H3,(H,15,17)(H,18,19)/b9-6+/t10-/m0/s1. The van der Waals surface area contributed by atoms with Crippen LogP contribution in [0.1, 0.15) is 12.5 Å². The van der Waals surface area contributed by atoms with E-state index in [1.54, 1.807) is 6.08 Å². The van der Waals surface area contributed by atoms with Crippen molar-refractivity contribution >= 4 is 23.6 Å². The van der Waals surface area contributed by atoms with Crippen LogP contribution in [0.2, 0.25) is 0 Å². The molecule has 1 rings (SSSR count). The van der Waals surface area contributed by atoms with E-state index in [1.807, 2.05) is 43.3 Å². The number of carbonyl (C=O) groups excluding carboxylic acids is 1. The molecule has 0 aromatic heterocycles. The molecule has 2 N–H and O–H groups in total. The molecule has 102 valence electrons. The second-order valence-electron chi connectivity index (χ2n) is 4.39. The van der Waals surface area contributed by atoms with Gasteiger partial charge in [-0.1, -0.05) is 12.1 Å². The van der Waals surface area contributed by atoms with Crippen molar-refractivity contribution in [3.63, 3.8) is 0 Å². The second kappa shape index (κ2) is 6.58. The van der Waals surface area contributed by atoms with Gasteiger partial charge in [-0.2, -0.15) is 0 Å². The first-order valence-electron chi connectivity index (χ1n) is 5.89. The van der Waals surface area contributed by atoms with Gasteiger partial charge in [0.2, 0.25) is 5.91 Å². The van der Waals surface area contributed by atoms with Crippen molar-refractivity contribution in [3.05, 3.63) is 35.9 Å². The first-order valence-corrected chi connectivity index (χ1v) is 5.89. The van der Waals surface area contributed by atoms with Crippen LogP contribution in [0.25, 0.3) is 6.08 Å². The largest absolute Gasteiger partial charge is 0.480 e. The minimum atomic E-state index is -1.06. The molecule has 1 amide bonds. The van der Waals surface area contributed by atoms with Gasteiger partial charge >= 0.3 is 5.97 Å². The lowest BCUT2D eigenvalue weighted by molar-refractivity contribution is -0.140. The quantitative estimate of drug-likeness (QED) is 0.786. The minimum absolute atomic E-state index is 0.424. The SMILES string of the molecule is C[C@H](NC(=O)/C=C/c1ccc(N(C)C)cc1)C(=O)O. The Hall–Kier alpha value is -2.30. The minimum Gasteiger partial charge on any atom is -0.480 e. The lowest BCUT2D eigenvalue weighted by atomic mass is 10.2.